The maximum absolute atomic E-state index is 12.9. The van der Waals surface area contributed by atoms with Crippen LogP contribution in [-0.2, 0) is 13.6 Å². The quantitative estimate of drug-likeness (QED) is 0.938. The molecule has 1 aromatic carbocycles. The molecular weight excluding hydrogens is 295 g/mol. The van der Waals surface area contributed by atoms with Crippen molar-refractivity contribution >= 4 is 5.91 Å². The molecule has 23 heavy (non-hydrogen) atoms. The zero-order chi connectivity index (χ0) is 16.2. The van der Waals surface area contributed by atoms with Crippen molar-refractivity contribution in [1.82, 2.24) is 20.0 Å². The van der Waals surface area contributed by atoms with Gasteiger partial charge in [0.1, 0.15) is 11.5 Å². The highest BCUT2D eigenvalue weighted by Crippen LogP contribution is 2.14. The van der Waals surface area contributed by atoms with Gasteiger partial charge in [-0.25, -0.2) is 4.39 Å². The molecule has 1 aromatic heterocycles. The van der Waals surface area contributed by atoms with Crippen LogP contribution in [0.1, 0.15) is 28.9 Å². The third kappa shape index (κ3) is 4.16. The van der Waals surface area contributed by atoms with Gasteiger partial charge in [0.15, 0.2) is 0 Å². The van der Waals surface area contributed by atoms with Crippen molar-refractivity contribution in [3.8, 4) is 0 Å². The number of amides is 1. The molecule has 122 valence electrons. The molecule has 6 heteroatoms. The second-order valence-electron chi connectivity index (χ2n) is 6.02. The monoisotopic (exact) mass is 316 g/mol. The predicted molar refractivity (Wildman–Crippen MR) is 85.4 cm³/mol. The smallest absolute Gasteiger partial charge is 0.271 e. The van der Waals surface area contributed by atoms with E-state index >= 15 is 0 Å². The lowest BCUT2D eigenvalue weighted by Gasteiger charge is -2.32. The lowest BCUT2D eigenvalue weighted by molar-refractivity contribution is 0.0903. The van der Waals surface area contributed by atoms with Crippen LogP contribution in [-0.4, -0.2) is 39.7 Å². The van der Waals surface area contributed by atoms with Crippen LogP contribution in [0.5, 0.6) is 0 Å². The molecule has 0 aliphatic carbocycles. The van der Waals surface area contributed by atoms with Crippen molar-refractivity contribution in [3.63, 3.8) is 0 Å². The van der Waals surface area contributed by atoms with Crippen LogP contribution >= 0.6 is 0 Å². The summed E-state index contributed by atoms with van der Waals surface area (Å²) in [6.45, 7) is 2.66. The largest absolute Gasteiger partial charge is 0.348 e. The highest BCUT2D eigenvalue weighted by molar-refractivity contribution is 5.92. The number of piperidine rings is 1. The van der Waals surface area contributed by atoms with Gasteiger partial charge in [0.2, 0.25) is 0 Å². The van der Waals surface area contributed by atoms with Crippen molar-refractivity contribution in [3.05, 3.63) is 53.6 Å². The number of benzene rings is 1. The molecule has 1 aliphatic rings. The molecule has 0 bridgehead atoms. The van der Waals surface area contributed by atoms with Crippen LogP contribution in [0.25, 0.3) is 0 Å². The lowest BCUT2D eigenvalue weighted by Crippen LogP contribution is -2.44. The van der Waals surface area contributed by atoms with Crippen LogP contribution < -0.4 is 5.32 Å². The standard InChI is InChI=1S/C17H21FN4O/c1-21-9-8-16(20-21)17(23)19-15-6-10-22(11-7-15)12-13-2-4-14(18)5-3-13/h2-5,8-9,15H,6-7,10-12H2,1H3,(H,19,23). The summed E-state index contributed by atoms with van der Waals surface area (Å²) in [5, 5.41) is 7.17. The van der Waals surface area contributed by atoms with Crippen molar-refractivity contribution in [1.29, 1.82) is 0 Å². The molecule has 5 nitrogen and oxygen atoms in total. The first-order valence-electron chi connectivity index (χ1n) is 7.87. The van der Waals surface area contributed by atoms with E-state index in [1.165, 1.54) is 12.1 Å². The first kappa shape index (κ1) is 15.7. The first-order valence-corrected chi connectivity index (χ1v) is 7.87. The van der Waals surface area contributed by atoms with Crippen LogP contribution in [0.3, 0.4) is 0 Å². The summed E-state index contributed by atoms with van der Waals surface area (Å²) >= 11 is 0. The Morgan fingerprint density at radius 3 is 2.57 bits per heavy atom. The number of likely N-dealkylation sites (tertiary alicyclic amines) is 1. The maximum atomic E-state index is 12.9. The number of hydrogen-bond donors (Lipinski definition) is 1. The fraction of sp³-hybridized carbons (Fsp3) is 0.412. The van der Waals surface area contributed by atoms with Crippen molar-refractivity contribution < 1.29 is 9.18 Å². The third-order valence-electron chi connectivity index (χ3n) is 4.19. The Bertz CT molecular complexity index is 659. The van der Waals surface area contributed by atoms with Gasteiger partial charge in [0.05, 0.1) is 0 Å². The minimum absolute atomic E-state index is 0.109. The van der Waals surface area contributed by atoms with E-state index in [9.17, 15) is 9.18 Å². The van der Waals surface area contributed by atoms with Gasteiger partial charge in [-0.15, -0.1) is 0 Å². The zero-order valence-corrected chi connectivity index (χ0v) is 13.2. The van der Waals surface area contributed by atoms with Crippen molar-refractivity contribution in [2.45, 2.75) is 25.4 Å². The SMILES string of the molecule is Cn1ccc(C(=O)NC2CCN(Cc3ccc(F)cc3)CC2)n1. The fourth-order valence-corrected chi connectivity index (χ4v) is 2.88. The lowest BCUT2D eigenvalue weighted by atomic mass is 10.0. The number of aryl methyl sites for hydroxylation is 1. The Morgan fingerprint density at radius 1 is 1.26 bits per heavy atom. The second kappa shape index (κ2) is 6.91. The average molecular weight is 316 g/mol. The van der Waals surface area contributed by atoms with E-state index in [1.54, 1.807) is 24.0 Å². The fourth-order valence-electron chi connectivity index (χ4n) is 2.88. The molecule has 0 spiro atoms. The summed E-state index contributed by atoms with van der Waals surface area (Å²) in [5.74, 6) is -0.313. The van der Waals surface area contributed by atoms with Gasteiger partial charge in [-0.05, 0) is 36.6 Å². The highest BCUT2D eigenvalue weighted by atomic mass is 19.1. The summed E-state index contributed by atoms with van der Waals surface area (Å²) < 4.78 is 14.5. The first-order chi connectivity index (χ1) is 11.1. The van der Waals surface area contributed by atoms with E-state index in [2.05, 4.69) is 15.3 Å². The maximum Gasteiger partial charge on any atom is 0.271 e. The van der Waals surface area contributed by atoms with Gasteiger partial charge in [-0.1, -0.05) is 12.1 Å². The molecule has 0 unspecified atom stereocenters. The van der Waals surface area contributed by atoms with E-state index in [-0.39, 0.29) is 17.8 Å². The van der Waals surface area contributed by atoms with Gasteiger partial charge in [0.25, 0.3) is 5.91 Å². The van der Waals surface area contributed by atoms with Gasteiger partial charge in [0, 0.05) is 38.9 Å². The second-order valence-corrected chi connectivity index (χ2v) is 6.02. The van der Waals surface area contributed by atoms with Crippen LogP contribution in [0.15, 0.2) is 36.5 Å². The average Bonchev–Trinajstić information content (AvgIpc) is 2.98. The van der Waals surface area contributed by atoms with Crippen LogP contribution in [0.2, 0.25) is 0 Å². The molecular formula is C17H21FN4O. The topological polar surface area (TPSA) is 50.2 Å². The minimum atomic E-state index is -0.204. The molecule has 3 rings (SSSR count). The molecule has 1 saturated heterocycles. The summed E-state index contributed by atoms with van der Waals surface area (Å²) in [6, 6.07) is 8.55. The molecule has 0 radical (unpaired) electrons. The number of aromatic nitrogens is 2. The van der Waals surface area contributed by atoms with Crippen LogP contribution in [0, 0.1) is 5.82 Å². The molecule has 1 amide bonds. The minimum Gasteiger partial charge on any atom is -0.348 e. The van der Waals surface area contributed by atoms with E-state index in [4.69, 9.17) is 0 Å². The Hall–Kier alpha value is -2.21. The summed E-state index contributed by atoms with van der Waals surface area (Å²) in [7, 11) is 1.80. The number of nitrogens with one attached hydrogen (secondary N) is 1. The van der Waals surface area contributed by atoms with Crippen LogP contribution in [0.4, 0.5) is 4.39 Å². The molecule has 1 N–H and O–H groups in total. The van der Waals surface area contributed by atoms with E-state index in [0.29, 0.717) is 5.69 Å². The Balaban J connectivity index is 1.46. The van der Waals surface area contributed by atoms with E-state index in [1.807, 2.05) is 12.1 Å². The van der Waals surface area contributed by atoms with Crippen molar-refractivity contribution in [2.24, 2.45) is 7.05 Å². The Morgan fingerprint density at radius 2 is 1.96 bits per heavy atom. The van der Waals surface area contributed by atoms with Gasteiger partial charge in [-0.2, -0.15) is 5.10 Å². The van der Waals surface area contributed by atoms with Gasteiger partial charge >= 0.3 is 0 Å². The van der Waals surface area contributed by atoms with Crippen molar-refractivity contribution in [2.75, 3.05) is 13.1 Å². The molecule has 0 atom stereocenters. The van der Waals surface area contributed by atoms with E-state index in [0.717, 1.165) is 38.0 Å². The molecule has 2 aromatic rings. The number of hydrogen-bond acceptors (Lipinski definition) is 3. The highest BCUT2D eigenvalue weighted by Gasteiger charge is 2.21. The number of carbonyl (C=O) groups excluding carboxylic acids is 1. The normalized spacial score (nSPS) is 16.4. The number of nitrogens with zero attached hydrogens (tertiary/aromatic N) is 3. The number of carbonyl (C=O) groups is 1. The summed E-state index contributed by atoms with van der Waals surface area (Å²) in [4.78, 5) is 14.4. The summed E-state index contributed by atoms with van der Waals surface area (Å²) in [6.07, 6.45) is 3.60. The molecule has 1 aliphatic heterocycles. The molecule has 2 heterocycles. The van der Waals surface area contributed by atoms with Gasteiger partial charge < -0.3 is 5.32 Å². The molecule has 0 saturated carbocycles. The third-order valence-corrected chi connectivity index (χ3v) is 4.19. The Kier molecular flexibility index (Phi) is 4.71. The predicted octanol–water partition coefficient (Wildman–Crippen LogP) is 1.95. The van der Waals surface area contributed by atoms with Gasteiger partial charge in [-0.3, -0.25) is 14.4 Å². The zero-order valence-electron chi connectivity index (χ0n) is 13.2. The number of rotatable bonds is 4. The van der Waals surface area contributed by atoms with E-state index < -0.39 is 0 Å². The summed E-state index contributed by atoms with van der Waals surface area (Å²) in [5.41, 5.74) is 1.57. The molecule has 1 fully saturated rings. The number of halogens is 1. The Labute approximate surface area is 135 Å².